The number of aliphatic hydroxyl groups is 1. The predicted molar refractivity (Wildman–Crippen MR) is 87.0 cm³/mol. The maximum absolute atomic E-state index is 10.8. The molecule has 0 unspecified atom stereocenters. The van der Waals surface area contributed by atoms with E-state index in [-0.39, 0.29) is 5.60 Å². The Bertz CT molecular complexity index is 276. The molecule has 2 rings (SSSR count). The smallest absolute Gasteiger partial charge is 0.217 e. The molecule has 2 fully saturated rings. The second-order valence-electron chi connectivity index (χ2n) is 7.59. The molecule has 0 aromatic rings. The van der Waals surface area contributed by atoms with E-state index in [0.29, 0.717) is 12.1 Å². The van der Waals surface area contributed by atoms with E-state index in [2.05, 4.69) is 25.7 Å². The topological polar surface area (TPSA) is 32.7 Å². The SMILES string of the molecule is CCC(C)(C)O[C@H](O)N(C1CCCCC1)C1CCCCC1. The lowest BCUT2D eigenvalue weighted by Gasteiger charge is -2.45. The minimum Gasteiger partial charge on any atom is -0.356 e. The number of nitrogens with zero attached hydrogens (tertiary/aromatic N) is 1. The maximum atomic E-state index is 10.8. The summed E-state index contributed by atoms with van der Waals surface area (Å²) in [5.41, 5.74) is -0.249. The van der Waals surface area contributed by atoms with Gasteiger partial charge in [0.15, 0.2) is 0 Å². The lowest BCUT2D eigenvalue weighted by atomic mass is 9.89. The van der Waals surface area contributed by atoms with Crippen LogP contribution in [0.3, 0.4) is 0 Å². The molecule has 124 valence electrons. The van der Waals surface area contributed by atoms with Crippen LogP contribution in [0.15, 0.2) is 0 Å². The summed E-state index contributed by atoms with van der Waals surface area (Å²) < 4.78 is 6.04. The number of hydrogen-bond acceptors (Lipinski definition) is 3. The third-order valence-electron chi connectivity index (χ3n) is 5.52. The van der Waals surface area contributed by atoms with Gasteiger partial charge in [-0.15, -0.1) is 0 Å². The van der Waals surface area contributed by atoms with E-state index in [1.54, 1.807) is 0 Å². The van der Waals surface area contributed by atoms with Gasteiger partial charge in [-0.3, -0.25) is 0 Å². The molecule has 2 saturated carbocycles. The Labute approximate surface area is 131 Å². The fourth-order valence-electron chi connectivity index (χ4n) is 3.85. The maximum Gasteiger partial charge on any atom is 0.217 e. The Kier molecular flexibility index (Phi) is 6.51. The van der Waals surface area contributed by atoms with Crippen LogP contribution < -0.4 is 0 Å². The molecule has 21 heavy (non-hydrogen) atoms. The molecule has 0 aliphatic heterocycles. The van der Waals surface area contributed by atoms with Crippen LogP contribution >= 0.6 is 0 Å². The molecule has 0 saturated heterocycles. The van der Waals surface area contributed by atoms with Crippen LogP contribution in [0.2, 0.25) is 0 Å². The third-order valence-corrected chi connectivity index (χ3v) is 5.52. The number of hydrogen-bond donors (Lipinski definition) is 1. The molecule has 0 aromatic heterocycles. The van der Waals surface area contributed by atoms with Gasteiger partial charge < -0.3 is 9.84 Å². The third kappa shape index (κ3) is 4.94. The first-order chi connectivity index (χ1) is 10.0. The predicted octanol–water partition coefficient (Wildman–Crippen LogP) is 4.43. The van der Waals surface area contributed by atoms with Gasteiger partial charge in [0.25, 0.3) is 0 Å². The summed E-state index contributed by atoms with van der Waals surface area (Å²) in [6, 6.07) is 1.04. The van der Waals surface area contributed by atoms with Gasteiger partial charge in [0.05, 0.1) is 5.60 Å². The minimum absolute atomic E-state index is 0.249. The van der Waals surface area contributed by atoms with Gasteiger partial charge in [0, 0.05) is 12.1 Å². The molecule has 2 aliphatic carbocycles. The van der Waals surface area contributed by atoms with E-state index in [4.69, 9.17) is 4.74 Å². The van der Waals surface area contributed by atoms with E-state index >= 15 is 0 Å². The van der Waals surface area contributed by atoms with Gasteiger partial charge in [-0.05, 0) is 46.0 Å². The van der Waals surface area contributed by atoms with Crippen molar-refractivity contribution in [3.8, 4) is 0 Å². The molecule has 1 N–H and O–H groups in total. The van der Waals surface area contributed by atoms with Crippen molar-refractivity contribution < 1.29 is 9.84 Å². The average Bonchev–Trinajstić information content (AvgIpc) is 2.49. The normalized spacial score (nSPS) is 24.4. The summed E-state index contributed by atoms with van der Waals surface area (Å²) in [7, 11) is 0. The summed E-state index contributed by atoms with van der Waals surface area (Å²) in [4.78, 5) is 2.34. The van der Waals surface area contributed by atoms with Crippen molar-refractivity contribution in [2.45, 2.75) is 115 Å². The molecule has 0 aromatic carbocycles. The van der Waals surface area contributed by atoms with Gasteiger partial charge in [-0.25, -0.2) is 4.90 Å². The summed E-state index contributed by atoms with van der Waals surface area (Å²) in [5.74, 6) is 0. The highest BCUT2D eigenvalue weighted by Gasteiger charge is 2.35. The second-order valence-corrected chi connectivity index (χ2v) is 7.59. The lowest BCUT2D eigenvalue weighted by molar-refractivity contribution is -0.267. The standard InChI is InChI=1S/C18H35NO2/c1-4-18(2,3)21-17(20)19(15-11-7-5-8-12-15)16-13-9-6-10-14-16/h15-17,20H,4-14H2,1-3H3/t17-/m0/s1. The largest absolute Gasteiger partial charge is 0.356 e. The quantitative estimate of drug-likeness (QED) is 0.736. The first-order valence-electron chi connectivity index (χ1n) is 9.17. The van der Waals surface area contributed by atoms with Crippen LogP contribution in [-0.2, 0) is 4.74 Å². The molecular formula is C18H35NO2. The van der Waals surface area contributed by atoms with Crippen molar-refractivity contribution in [3.63, 3.8) is 0 Å². The Morgan fingerprint density at radius 3 is 1.76 bits per heavy atom. The Morgan fingerprint density at radius 1 is 0.952 bits per heavy atom. The summed E-state index contributed by atoms with van der Waals surface area (Å²) in [6.45, 7) is 6.28. The molecule has 0 bridgehead atoms. The molecule has 0 amide bonds. The molecule has 0 radical (unpaired) electrons. The Balaban J connectivity index is 2.05. The van der Waals surface area contributed by atoms with Crippen LogP contribution in [0.4, 0.5) is 0 Å². The summed E-state index contributed by atoms with van der Waals surface area (Å²) in [6.07, 6.45) is 13.0. The molecule has 1 atom stereocenters. The van der Waals surface area contributed by atoms with Crippen molar-refractivity contribution in [3.05, 3.63) is 0 Å². The summed E-state index contributed by atoms with van der Waals surface area (Å²) >= 11 is 0. The lowest BCUT2D eigenvalue weighted by Crippen LogP contribution is -2.53. The van der Waals surface area contributed by atoms with E-state index in [1.807, 2.05) is 0 Å². The minimum atomic E-state index is -0.730. The summed E-state index contributed by atoms with van der Waals surface area (Å²) in [5, 5.41) is 10.8. The fraction of sp³-hybridized carbons (Fsp3) is 1.00. The zero-order valence-corrected chi connectivity index (χ0v) is 14.3. The molecule has 3 heteroatoms. The van der Waals surface area contributed by atoms with Crippen molar-refractivity contribution in [2.75, 3.05) is 0 Å². The van der Waals surface area contributed by atoms with Gasteiger partial charge >= 0.3 is 0 Å². The highest BCUT2D eigenvalue weighted by Crippen LogP contribution is 2.32. The van der Waals surface area contributed by atoms with E-state index < -0.39 is 6.41 Å². The number of aliphatic hydroxyl groups excluding tert-OH is 1. The van der Waals surface area contributed by atoms with Crippen molar-refractivity contribution >= 4 is 0 Å². The van der Waals surface area contributed by atoms with Crippen molar-refractivity contribution in [2.24, 2.45) is 0 Å². The van der Waals surface area contributed by atoms with Crippen molar-refractivity contribution in [1.29, 1.82) is 0 Å². The fourth-order valence-corrected chi connectivity index (χ4v) is 3.85. The van der Waals surface area contributed by atoms with Gasteiger partial charge in [0.1, 0.15) is 0 Å². The van der Waals surface area contributed by atoms with Crippen LogP contribution in [0, 0.1) is 0 Å². The average molecular weight is 297 g/mol. The van der Waals surface area contributed by atoms with E-state index in [9.17, 15) is 5.11 Å². The van der Waals surface area contributed by atoms with E-state index in [1.165, 1.54) is 64.2 Å². The molecule has 0 heterocycles. The zero-order valence-electron chi connectivity index (χ0n) is 14.3. The van der Waals surface area contributed by atoms with Crippen LogP contribution in [-0.4, -0.2) is 34.1 Å². The van der Waals surface area contributed by atoms with Crippen LogP contribution in [0.1, 0.15) is 91.4 Å². The highest BCUT2D eigenvalue weighted by atomic mass is 16.6. The molecule has 3 nitrogen and oxygen atoms in total. The monoisotopic (exact) mass is 297 g/mol. The van der Waals surface area contributed by atoms with Crippen LogP contribution in [0.25, 0.3) is 0 Å². The number of rotatable bonds is 6. The second kappa shape index (κ2) is 7.94. The first kappa shape index (κ1) is 17.2. The molecule has 0 spiro atoms. The van der Waals surface area contributed by atoms with Crippen molar-refractivity contribution in [1.82, 2.24) is 4.90 Å². The molecular weight excluding hydrogens is 262 g/mol. The van der Waals surface area contributed by atoms with E-state index in [0.717, 1.165) is 6.42 Å². The Morgan fingerprint density at radius 2 is 1.38 bits per heavy atom. The Hall–Kier alpha value is -0.120. The highest BCUT2D eigenvalue weighted by molar-refractivity contribution is 4.84. The number of ether oxygens (including phenoxy) is 1. The van der Waals surface area contributed by atoms with Gasteiger partial charge in [0.2, 0.25) is 6.41 Å². The molecule has 2 aliphatic rings. The van der Waals surface area contributed by atoms with Crippen LogP contribution in [0.5, 0.6) is 0 Å². The van der Waals surface area contributed by atoms with Gasteiger partial charge in [-0.1, -0.05) is 45.4 Å². The first-order valence-corrected chi connectivity index (χ1v) is 9.17. The van der Waals surface area contributed by atoms with Gasteiger partial charge in [-0.2, -0.15) is 0 Å². The zero-order chi connectivity index (χ0) is 15.3.